The van der Waals surface area contributed by atoms with E-state index >= 15 is 0 Å². The lowest BCUT2D eigenvalue weighted by molar-refractivity contribution is 0.480. The topological polar surface area (TPSA) is 62.8 Å². The number of aryl methyl sites for hydroxylation is 1. The molecule has 0 atom stereocenters. The monoisotopic (exact) mass is 316 g/mol. The molecule has 24 heavy (non-hydrogen) atoms. The zero-order valence-electron chi connectivity index (χ0n) is 13.2. The molecule has 0 amide bonds. The molecule has 0 saturated carbocycles. The Bertz CT molecular complexity index is 962. The quantitative estimate of drug-likeness (QED) is 0.567. The highest BCUT2D eigenvalue weighted by molar-refractivity contribution is 5.81. The maximum absolute atomic E-state index is 5.73. The fraction of sp³-hybridized carbons (Fsp3) is 0.0526. The molecule has 2 heterocycles. The van der Waals surface area contributed by atoms with Crippen LogP contribution in [-0.2, 0) is 0 Å². The second-order valence-electron chi connectivity index (χ2n) is 5.50. The summed E-state index contributed by atoms with van der Waals surface area (Å²) in [5, 5.41) is 3.28. The highest BCUT2D eigenvalue weighted by atomic mass is 16.5. The Morgan fingerprint density at radius 2 is 1.83 bits per heavy atom. The van der Waals surface area contributed by atoms with E-state index in [4.69, 9.17) is 4.74 Å². The molecule has 118 valence electrons. The number of nitrogens with one attached hydrogen (secondary N) is 2. The van der Waals surface area contributed by atoms with Gasteiger partial charge in [-0.05, 0) is 55.0 Å². The fourth-order valence-electron chi connectivity index (χ4n) is 2.52. The minimum atomic E-state index is 0.714. The van der Waals surface area contributed by atoms with Gasteiger partial charge in [-0.25, -0.2) is 4.98 Å². The first-order chi connectivity index (χ1) is 11.8. The van der Waals surface area contributed by atoms with Crippen LogP contribution in [0.4, 0.5) is 11.6 Å². The largest absolute Gasteiger partial charge is 0.456 e. The summed E-state index contributed by atoms with van der Waals surface area (Å²) in [6.45, 7) is 2.05. The number of nitrogens with zero attached hydrogens (tertiary/aromatic N) is 2. The van der Waals surface area contributed by atoms with Gasteiger partial charge in [0.05, 0.1) is 17.2 Å². The van der Waals surface area contributed by atoms with Crippen molar-refractivity contribution < 1.29 is 4.74 Å². The molecule has 5 nitrogen and oxygen atoms in total. The Labute approximate surface area is 139 Å². The van der Waals surface area contributed by atoms with Gasteiger partial charge in [0.2, 0.25) is 5.95 Å². The Kier molecular flexibility index (Phi) is 3.59. The van der Waals surface area contributed by atoms with E-state index in [0.717, 1.165) is 34.0 Å². The summed E-state index contributed by atoms with van der Waals surface area (Å²) in [7, 11) is 0. The number of benzene rings is 2. The summed E-state index contributed by atoms with van der Waals surface area (Å²) >= 11 is 0. The third kappa shape index (κ3) is 2.92. The van der Waals surface area contributed by atoms with E-state index in [0.29, 0.717) is 5.75 Å². The van der Waals surface area contributed by atoms with E-state index in [2.05, 4.69) is 33.3 Å². The molecule has 0 aliphatic heterocycles. The highest BCUT2D eigenvalue weighted by Crippen LogP contribution is 2.24. The molecular weight excluding hydrogens is 300 g/mol. The molecule has 2 N–H and O–H groups in total. The predicted molar refractivity (Wildman–Crippen MR) is 94.9 cm³/mol. The van der Waals surface area contributed by atoms with Crippen LogP contribution in [-0.4, -0.2) is 15.0 Å². The number of ether oxygens (including phenoxy) is 1. The maximum atomic E-state index is 5.73. The lowest BCUT2D eigenvalue weighted by atomic mass is 10.2. The summed E-state index contributed by atoms with van der Waals surface area (Å²) in [4.78, 5) is 11.9. The Hall–Kier alpha value is -3.34. The molecule has 5 heteroatoms. The average Bonchev–Trinajstić information content (AvgIpc) is 3.02. The van der Waals surface area contributed by atoms with Gasteiger partial charge in [0.15, 0.2) is 0 Å². The van der Waals surface area contributed by atoms with Gasteiger partial charge in [-0.1, -0.05) is 12.1 Å². The van der Waals surface area contributed by atoms with Crippen molar-refractivity contribution >= 4 is 22.7 Å². The van der Waals surface area contributed by atoms with Crippen LogP contribution in [0.3, 0.4) is 0 Å². The van der Waals surface area contributed by atoms with Gasteiger partial charge >= 0.3 is 0 Å². The number of aromatic nitrogens is 3. The molecular formula is C19H16N4O. The van der Waals surface area contributed by atoms with Crippen molar-refractivity contribution in [1.29, 1.82) is 0 Å². The van der Waals surface area contributed by atoms with Gasteiger partial charge in [-0.2, -0.15) is 0 Å². The molecule has 0 spiro atoms. The Morgan fingerprint density at radius 3 is 2.58 bits per heavy atom. The molecule has 0 radical (unpaired) electrons. The van der Waals surface area contributed by atoms with Crippen LogP contribution < -0.4 is 10.1 Å². The number of pyridine rings is 1. The minimum absolute atomic E-state index is 0.714. The zero-order valence-corrected chi connectivity index (χ0v) is 13.2. The second-order valence-corrected chi connectivity index (χ2v) is 5.50. The van der Waals surface area contributed by atoms with E-state index in [1.807, 2.05) is 48.5 Å². The van der Waals surface area contributed by atoms with Crippen molar-refractivity contribution in [3.63, 3.8) is 0 Å². The van der Waals surface area contributed by atoms with Crippen molar-refractivity contribution in [2.75, 3.05) is 5.32 Å². The first kappa shape index (κ1) is 14.3. The van der Waals surface area contributed by atoms with Crippen LogP contribution in [0.25, 0.3) is 11.0 Å². The third-order valence-electron chi connectivity index (χ3n) is 3.70. The number of para-hydroxylation sites is 1. The first-order valence-corrected chi connectivity index (χ1v) is 7.68. The van der Waals surface area contributed by atoms with Crippen molar-refractivity contribution in [3.8, 4) is 11.5 Å². The molecule has 0 saturated heterocycles. The molecule has 2 aromatic carbocycles. The number of anilines is 2. The fourth-order valence-corrected chi connectivity index (χ4v) is 2.52. The van der Waals surface area contributed by atoms with E-state index in [1.165, 1.54) is 0 Å². The van der Waals surface area contributed by atoms with Crippen LogP contribution in [0, 0.1) is 6.92 Å². The van der Waals surface area contributed by atoms with Crippen LogP contribution in [0.2, 0.25) is 0 Å². The van der Waals surface area contributed by atoms with E-state index < -0.39 is 0 Å². The normalized spacial score (nSPS) is 10.7. The summed E-state index contributed by atoms with van der Waals surface area (Å²) in [6.07, 6.45) is 3.40. The SMILES string of the molecule is Cc1cccc2[nH]c(Nc3ccc(Oc4cccnc4)cc3)nc12. The number of fused-ring (bicyclic) bond motifs is 1. The number of hydrogen-bond donors (Lipinski definition) is 2. The second kappa shape index (κ2) is 6.04. The molecule has 0 bridgehead atoms. The molecule has 0 aliphatic carbocycles. The summed E-state index contributed by atoms with van der Waals surface area (Å²) in [5.41, 5.74) is 4.09. The molecule has 2 aromatic heterocycles. The van der Waals surface area contributed by atoms with Gasteiger partial charge < -0.3 is 15.0 Å². The molecule has 4 rings (SSSR count). The minimum Gasteiger partial charge on any atom is -0.456 e. The van der Waals surface area contributed by atoms with Crippen molar-refractivity contribution in [1.82, 2.24) is 15.0 Å². The van der Waals surface area contributed by atoms with Gasteiger partial charge in [0, 0.05) is 11.9 Å². The zero-order chi connectivity index (χ0) is 16.4. The summed E-state index contributed by atoms with van der Waals surface area (Å²) < 4.78 is 5.73. The number of rotatable bonds is 4. The summed E-state index contributed by atoms with van der Waals surface area (Å²) in [6, 6.07) is 17.5. The standard InChI is InChI=1S/C19H16N4O/c1-13-4-2-6-17-18(13)23-19(22-17)21-14-7-9-15(10-8-14)24-16-5-3-11-20-12-16/h2-12H,1H3,(H2,21,22,23). The third-order valence-corrected chi connectivity index (χ3v) is 3.70. The van der Waals surface area contributed by atoms with E-state index in [-0.39, 0.29) is 0 Å². The number of H-pyrrole nitrogens is 1. The molecule has 0 fully saturated rings. The molecule has 0 unspecified atom stereocenters. The van der Waals surface area contributed by atoms with Gasteiger partial charge in [0.1, 0.15) is 11.5 Å². The van der Waals surface area contributed by atoms with Crippen LogP contribution in [0.15, 0.2) is 67.0 Å². The first-order valence-electron chi connectivity index (χ1n) is 7.68. The number of aromatic amines is 1. The predicted octanol–water partition coefficient (Wildman–Crippen LogP) is 4.80. The lowest BCUT2D eigenvalue weighted by Crippen LogP contribution is -1.92. The van der Waals surface area contributed by atoms with Crippen LogP contribution in [0.1, 0.15) is 5.56 Å². The van der Waals surface area contributed by atoms with E-state index in [1.54, 1.807) is 12.4 Å². The van der Waals surface area contributed by atoms with Crippen LogP contribution >= 0.6 is 0 Å². The lowest BCUT2D eigenvalue weighted by Gasteiger charge is -2.06. The summed E-state index contributed by atoms with van der Waals surface area (Å²) in [5.74, 6) is 2.19. The molecule has 0 aliphatic rings. The average molecular weight is 316 g/mol. The Balaban J connectivity index is 1.51. The van der Waals surface area contributed by atoms with Gasteiger partial charge in [-0.3, -0.25) is 4.98 Å². The number of imidazole rings is 1. The van der Waals surface area contributed by atoms with Crippen LogP contribution in [0.5, 0.6) is 11.5 Å². The number of hydrogen-bond acceptors (Lipinski definition) is 4. The highest BCUT2D eigenvalue weighted by Gasteiger charge is 2.05. The van der Waals surface area contributed by atoms with E-state index in [9.17, 15) is 0 Å². The maximum Gasteiger partial charge on any atom is 0.205 e. The smallest absolute Gasteiger partial charge is 0.205 e. The van der Waals surface area contributed by atoms with Gasteiger partial charge in [-0.15, -0.1) is 0 Å². The van der Waals surface area contributed by atoms with Gasteiger partial charge in [0.25, 0.3) is 0 Å². The van der Waals surface area contributed by atoms with Crippen molar-refractivity contribution in [2.24, 2.45) is 0 Å². The molecule has 4 aromatic rings. The van der Waals surface area contributed by atoms with Crippen molar-refractivity contribution in [3.05, 3.63) is 72.6 Å². The Morgan fingerprint density at radius 1 is 0.958 bits per heavy atom. The van der Waals surface area contributed by atoms with Crippen molar-refractivity contribution in [2.45, 2.75) is 6.92 Å².